The normalized spacial score (nSPS) is 28.8. The van der Waals surface area contributed by atoms with E-state index in [9.17, 15) is 34.8 Å². The van der Waals surface area contributed by atoms with Gasteiger partial charge in [0.2, 0.25) is 5.78 Å². The lowest BCUT2D eigenvalue weighted by Gasteiger charge is -2.40. The van der Waals surface area contributed by atoms with Gasteiger partial charge in [0.1, 0.15) is 22.8 Å². The van der Waals surface area contributed by atoms with Crippen molar-refractivity contribution in [2.75, 3.05) is 13.7 Å². The van der Waals surface area contributed by atoms with Crippen LogP contribution in [0.5, 0.6) is 17.2 Å². The summed E-state index contributed by atoms with van der Waals surface area (Å²) < 4.78 is 16.8. The number of hydrogen-bond donors (Lipinski definition) is 5. The van der Waals surface area contributed by atoms with Gasteiger partial charge in [0.15, 0.2) is 17.9 Å². The number of methoxy groups -OCH3 is 1. The van der Waals surface area contributed by atoms with Gasteiger partial charge in [0.25, 0.3) is 0 Å². The Bertz CT molecular complexity index is 1340. The van der Waals surface area contributed by atoms with E-state index in [0.717, 1.165) is 0 Å². The van der Waals surface area contributed by atoms with Gasteiger partial charge in [-0.25, -0.2) is 0 Å². The van der Waals surface area contributed by atoms with Crippen LogP contribution in [0.4, 0.5) is 0 Å². The highest BCUT2D eigenvalue weighted by Gasteiger charge is 2.49. The first-order valence-corrected chi connectivity index (χ1v) is 11.8. The highest BCUT2D eigenvalue weighted by atomic mass is 16.7. The molecule has 196 valence electrons. The van der Waals surface area contributed by atoms with E-state index in [1.165, 1.54) is 32.2 Å². The molecule has 11 nitrogen and oxygen atoms in total. The highest BCUT2D eigenvalue weighted by molar-refractivity contribution is 6.31. The van der Waals surface area contributed by atoms with Crippen molar-refractivity contribution in [3.8, 4) is 17.2 Å². The van der Waals surface area contributed by atoms with Crippen LogP contribution in [0.15, 0.2) is 18.2 Å². The summed E-state index contributed by atoms with van der Waals surface area (Å²) in [5.74, 6) is -3.17. The van der Waals surface area contributed by atoms with Crippen LogP contribution in [0, 0.1) is 0 Å². The number of phenolic OH excluding ortho intramolecular Hbond substituents is 2. The summed E-state index contributed by atoms with van der Waals surface area (Å²) >= 11 is 0. The summed E-state index contributed by atoms with van der Waals surface area (Å²) in [4.78, 5) is 39.5. The number of ether oxygens (including phenoxy) is 3. The van der Waals surface area contributed by atoms with Gasteiger partial charge in [-0.1, -0.05) is 12.1 Å². The summed E-state index contributed by atoms with van der Waals surface area (Å²) in [5.41, 5.74) is 2.90. The Morgan fingerprint density at radius 1 is 1.14 bits per heavy atom. The smallest absolute Gasteiger partial charge is 0.202 e. The molecule has 0 radical (unpaired) electrons. The van der Waals surface area contributed by atoms with Crippen molar-refractivity contribution in [3.05, 3.63) is 51.6 Å². The summed E-state index contributed by atoms with van der Waals surface area (Å²) in [7, 11) is 1.34. The second-order valence-corrected chi connectivity index (χ2v) is 9.70. The van der Waals surface area contributed by atoms with Gasteiger partial charge in [-0.3, -0.25) is 14.4 Å². The minimum Gasteiger partial charge on any atom is -0.507 e. The molecule has 1 fully saturated rings. The van der Waals surface area contributed by atoms with E-state index < -0.39 is 76.5 Å². The number of hydrogen-bond acceptors (Lipinski definition) is 11. The van der Waals surface area contributed by atoms with Crippen LogP contribution < -0.4 is 10.5 Å². The number of carbonyl (C=O) groups excluding carboxylic acids is 3. The molecular formula is C26H27NO10. The first-order chi connectivity index (χ1) is 17.5. The molecule has 0 amide bonds. The summed E-state index contributed by atoms with van der Waals surface area (Å²) in [6, 6.07) is 3.77. The largest absolute Gasteiger partial charge is 0.507 e. The third-order valence-electron chi connectivity index (χ3n) is 7.46. The molecule has 5 rings (SSSR count). The van der Waals surface area contributed by atoms with Crippen LogP contribution in [0.25, 0.3) is 0 Å². The molecule has 2 aromatic carbocycles. The van der Waals surface area contributed by atoms with Crippen LogP contribution in [0.3, 0.4) is 0 Å². The standard InChI is InChI=1S/C26H27NO10/c1-10(28)26(34)7-12-19(16(8-26)37-17-6-13(27)14(29)9-36-17)25(33)21-20(23(12)31)22(30)11-4-3-5-15(35-2)18(11)24(21)32/h3-5,13-14,16-17,29,31,33-34H,6-9,27H2,1-2H3/t13-,14+,16-,17?,26-/m0/s1. The fourth-order valence-corrected chi connectivity index (χ4v) is 5.36. The first-order valence-electron chi connectivity index (χ1n) is 11.8. The molecule has 2 aliphatic carbocycles. The Hall–Kier alpha value is -3.35. The second-order valence-electron chi connectivity index (χ2n) is 9.70. The molecule has 3 aliphatic rings. The van der Waals surface area contributed by atoms with Crippen LogP contribution >= 0.6 is 0 Å². The van der Waals surface area contributed by atoms with E-state index in [1.807, 2.05) is 0 Å². The monoisotopic (exact) mass is 513 g/mol. The molecule has 1 heterocycles. The van der Waals surface area contributed by atoms with Crippen molar-refractivity contribution in [3.63, 3.8) is 0 Å². The molecule has 0 aromatic heterocycles. The molecule has 2 aromatic rings. The minimum atomic E-state index is -1.99. The van der Waals surface area contributed by atoms with Crippen LogP contribution in [-0.4, -0.2) is 75.5 Å². The Morgan fingerprint density at radius 3 is 2.49 bits per heavy atom. The third kappa shape index (κ3) is 3.82. The molecule has 5 atom stereocenters. The van der Waals surface area contributed by atoms with Crippen molar-refractivity contribution in [1.29, 1.82) is 0 Å². The van der Waals surface area contributed by atoms with Crippen LogP contribution in [0.2, 0.25) is 0 Å². The number of fused-ring (bicyclic) bond motifs is 3. The molecule has 11 heteroatoms. The number of aliphatic hydroxyl groups is 2. The SMILES string of the molecule is COc1cccc2c1C(=O)c1c(O)c3c(c(O)c1C2=O)C[C@@](O)(C(C)=O)C[C@@H]3OC1C[C@H](N)[C@H](O)CO1. The number of Topliss-reactive ketones (excluding diaryl/α,β-unsaturated/α-hetero) is 1. The maximum Gasteiger partial charge on any atom is 0.202 e. The Balaban J connectivity index is 1.69. The molecule has 6 N–H and O–H groups in total. The van der Waals surface area contributed by atoms with E-state index in [1.54, 1.807) is 0 Å². The lowest BCUT2D eigenvalue weighted by atomic mass is 9.72. The van der Waals surface area contributed by atoms with E-state index in [0.29, 0.717) is 0 Å². The summed E-state index contributed by atoms with van der Waals surface area (Å²) in [6.07, 6.45) is -3.76. The van der Waals surface area contributed by atoms with Crippen molar-refractivity contribution in [1.82, 2.24) is 0 Å². The molecule has 0 bridgehead atoms. The topological polar surface area (TPSA) is 186 Å². The van der Waals surface area contributed by atoms with Crippen molar-refractivity contribution >= 4 is 17.3 Å². The predicted octanol–water partition coefficient (Wildman–Crippen LogP) is 0.640. The molecule has 0 spiro atoms. The zero-order valence-corrected chi connectivity index (χ0v) is 20.2. The number of ketones is 3. The fraction of sp³-hybridized carbons (Fsp3) is 0.423. The lowest BCUT2D eigenvalue weighted by Crippen LogP contribution is -2.49. The third-order valence-corrected chi connectivity index (χ3v) is 7.46. The van der Waals surface area contributed by atoms with Crippen molar-refractivity contribution in [2.24, 2.45) is 5.73 Å². The lowest BCUT2D eigenvalue weighted by molar-refractivity contribution is -0.223. The van der Waals surface area contributed by atoms with Gasteiger partial charge in [-0.15, -0.1) is 0 Å². The predicted molar refractivity (Wildman–Crippen MR) is 126 cm³/mol. The van der Waals surface area contributed by atoms with E-state index >= 15 is 0 Å². The average Bonchev–Trinajstić information content (AvgIpc) is 2.86. The van der Waals surface area contributed by atoms with Gasteiger partial charge < -0.3 is 40.4 Å². The maximum atomic E-state index is 13.6. The van der Waals surface area contributed by atoms with E-state index in [-0.39, 0.29) is 47.5 Å². The van der Waals surface area contributed by atoms with Crippen LogP contribution in [0.1, 0.15) is 68.8 Å². The van der Waals surface area contributed by atoms with Crippen molar-refractivity contribution < 1.29 is 49.0 Å². The van der Waals surface area contributed by atoms with Crippen molar-refractivity contribution in [2.45, 2.75) is 56.3 Å². The molecular weight excluding hydrogens is 486 g/mol. The fourth-order valence-electron chi connectivity index (χ4n) is 5.36. The zero-order valence-electron chi connectivity index (χ0n) is 20.2. The Morgan fingerprint density at radius 2 is 1.84 bits per heavy atom. The number of nitrogens with two attached hydrogens (primary N) is 1. The minimum absolute atomic E-state index is 0.0138. The molecule has 1 unspecified atom stereocenters. The highest BCUT2D eigenvalue weighted by Crippen LogP contribution is 2.52. The number of aromatic hydroxyl groups is 2. The number of aliphatic hydroxyl groups excluding tert-OH is 1. The number of carbonyl (C=O) groups is 3. The van der Waals surface area contributed by atoms with E-state index in [2.05, 4.69) is 0 Å². The molecule has 37 heavy (non-hydrogen) atoms. The van der Waals surface area contributed by atoms with Gasteiger partial charge in [0, 0.05) is 42.0 Å². The van der Waals surface area contributed by atoms with E-state index in [4.69, 9.17) is 19.9 Å². The molecule has 0 saturated carbocycles. The Kier molecular flexibility index (Phi) is 6.08. The second kappa shape index (κ2) is 8.89. The molecule has 1 saturated heterocycles. The van der Waals surface area contributed by atoms with Gasteiger partial charge >= 0.3 is 0 Å². The molecule has 1 aliphatic heterocycles. The Labute approximate surface area is 211 Å². The van der Waals surface area contributed by atoms with Gasteiger partial charge in [0.05, 0.1) is 42.6 Å². The van der Waals surface area contributed by atoms with Gasteiger partial charge in [-0.05, 0) is 13.0 Å². The number of benzene rings is 2. The number of phenols is 2. The first kappa shape index (κ1) is 25.3. The zero-order chi connectivity index (χ0) is 26.8. The number of rotatable bonds is 4. The van der Waals surface area contributed by atoms with Crippen LogP contribution in [-0.2, 0) is 20.7 Å². The maximum absolute atomic E-state index is 13.6. The van der Waals surface area contributed by atoms with Gasteiger partial charge in [-0.2, -0.15) is 0 Å². The quantitative estimate of drug-likeness (QED) is 0.308. The average molecular weight is 513 g/mol. The summed E-state index contributed by atoms with van der Waals surface area (Å²) in [5, 5.41) is 43.7. The summed E-state index contributed by atoms with van der Waals surface area (Å²) in [6.45, 7) is 1.06.